The van der Waals surface area contributed by atoms with Crippen molar-refractivity contribution in [1.29, 1.82) is 0 Å². The van der Waals surface area contributed by atoms with Crippen molar-refractivity contribution >= 4 is 37.1 Å². The monoisotopic (exact) mass is 528 g/mol. The van der Waals surface area contributed by atoms with Gasteiger partial charge in [0.15, 0.2) is 11.2 Å². The zero-order valence-electron chi connectivity index (χ0n) is 17.6. The number of aromatic amines is 1. The van der Waals surface area contributed by atoms with Gasteiger partial charge in [-0.3, -0.25) is 4.79 Å². The van der Waals surface area contributed by atoms with Gasteiger partial charge in [-0.2, -0.15) is 4.31 Å². The Bertz CT molecular complexity index is 1440. The Balaban J connectivity index is 1.37. The Morgan fingerprint density at radius 1 is 1.03 bits per heavy atom. The van der Waals surface area contributed by atoms with E-state index in [2.05, 4.69) is 36.2 Å². The first kappa shape index (κ1) is 21.9. The molecule has 170 valence electrons. The van der Waals surface area contributed by atoms with Crippen LogP contribution in [0.15, 0.2) is 68.8 Å². The lowest BCUT2D eigenvalue weighted by Gasteiger charge is -2.30. The first-order valence-corrected chi connectivity index (χ1v) is 12.8. The summed E-state index contributed by atoms with van der Waals surface area (Å²) in [5.41, 5.74) is 1.33. The van der Waals surface area contributed by atoms with Gasteiger partial charge in [0.1, 0.15) is 5.82 Å². The fraction of sp³-hybridized carbons (Fsp3) is 0.273. The Morgan fingerprint density at radius 3 is 2.42 bits per heavy atom. The topological polar surface area (TPSA) is 114 Å². The highest BCUT2D eigenvalue weighted by molar-refractivity contribution is 9.10. The highest BCUT2D eigenvalue weighted by atomic mass is 79.9. The number of nitrogens with one attached hydrogen (secondary N) is 1. The summed E-state index contributed by atoms with van der Waals surface area (Å²) in [6.07, 6.45) is 1.12. The van der Waals surface area contributed by atoms with Crippen LogP contribution in [-0.2, 0) is 16.6 Å². The van der Waals surface area contributed by atoms with Gasteiger partial charge in [0, 0.05) is 23.5 Å². The molecule has 1 aliphatic rings. The summed E-state index contributed by atoms with van der Waals surface area (Å²) < 4.78 is 29.9. The number of piperidine rings is 1. The predicted molar refractivity (Wildman–Crippen MR) is 126 cm³/mol. The van der Waals surface area contributed by atoms with Crippen LogP contribution < -0.4 is 5.56 Å². The van der Waals surface area contributed by atoms with Crippen LogP contribution in [0.5, 0.6) is 0 Å². The lowest BCUT2D eigenvalue weighted by Crippen LogP contribution is -2.38. The molecule has 5 rings (SSSR count). The molecule has 1 fully saturated rings. The van der Waals surface area contributed by atoms with E-state index in [9.17, 15) is 13.2 Å². The Hall–Kier alpha value is -2.89. The van der Waals surface area contributed by atoms with Crippen LogP contribution in [0.3, 0.4) is 0 Å². The van der Waals surface area contributed by atoms with Gasteiger partial charge >= 0.3 is 0 Å². The third-order valence-electron chi connectivity index (χ3n) is 5.86. The molecule has 2 aromatic heterocycles. The fourth-order valence-electron chi connectivity index (χ4n) is 4.06. The first-order chi connectivity index (χ1) is 15.9. The van der Waals surface area contributed by atoms with Crippen molar-refractivity contribution in [3.8, 4) is 0 Å². The Labute approximate surface area is 198 Å². The van der Waals surface area contributed by atoms with Crippen molar-refractivity contribution in [2.45, 2.75) is 30.2 Å². The lowest BCUT2D eigenvalue weighted by atomic mass is 9.97. The van der Waals surface area contributed by atoms with Crippen LogP contribution in [0.4, 0.5) is 0 Å². The van der Waals surface area contributed by atoms with Crippen LogP contribution in [0.1, 0.15) is 30.1 Å². The van der Waals surface area contributed by atoms with Gasteiger partial charge in [-0.05, 0) is 42.7 Å². The van der Waals surface area contributed by atoms with Crippen molar-refractivity contribution in [3.05, 3.63) is 80.8 Å². The third kappa shape index (κ3) is 4.35. The van der Waals surface area contributed by atoms with Crippen molar-refractivity contribution in [2.75, 3.05) is 13.1 Å². The molecule has 0 atom stereocenters. The summed E-state index contributed by atoms with van der Waals surface area (Å²) in [7, 11) is -3.56. The molecule has 0 unspecified atom stereocenters. The molecule has 0 amide bonds. The van der Waals surface area contributed by atoms with Crippen molar-refractivity contribution in [3.63, 3.8) is 0 Å². The first-order valence-electron chi connectivity index (χ1n) is 10.5. The maximum absolute atomic E-state index is 13.0. The summed E-state index contributed by atoms with van der Waals surface area (Å²) in [6.45, 7) is 1.16. The average Bonchev–Trinajstić information content (AvgIpc) is 3.23. The maximum atomic E-state index is 13.0. The summed E-state index contributed by atoms with van der Waals surface area (Å²) in [5.74, 6) is 0.489. The highest BCUT2D eigenvalue weighted by Gasteiger charge is 2.31. The number of sulfonamides is 1. The number of halogens is 1. The highest BCUT2D eigenvalue weighted by Crippen LogP contribution is 2.29. The zero-order valence-corrected chi connectivity index (χ0v) is 20.0. The third-order valence-corrected chi connectivity index (χ3v) is 8.30. The second kappa shape index (κ2) is 8.81. The molecule has 0 radical (unpaired) electrons. The van der Waals surface area contributed by atoms with Crippen LogP contribution in [-0.4, -0.2) is 50.8 Å². The molecular weight excluding hydrogens is 508 g/mol. The zero-order chi connectivity index (χ0) is 23.0. The quantitative estimate of drug-likeness (QED) is 0.426. The minimum absolute atomic E-state index is 0.0569. The van der Waals surface area contributed by atoms with Crippen LogP contribution in [0, 0.1) is 0 Å². The molecule has 4 aromatic rings. The number of hydrogen-bond acceptors (Lipinski definition) is 6. The van der Waals surface area contributed by atoms with Gasteiger partial charge in [-0.1, -0.05) is 51.5 Å². The van der Waals surface area contributed by atoms with Gasteiger partial charge in [0.05, 0.1) is 11.4 Å². The molecule has 33 heavy (non-hydrogen) atoms. The average molecular weight is 529 g/mol. The van der Waals surface area contributed by atoms with E-state index in [1.807, 2.05) is 30.3 Å². The maximum Gasteiger partial charge on any atom is 0.281 e. The van der Waals surface area contributed by atoms with Crippen molar-refractivity contribution < 1.29 is 8.42 Å². The summed E-state index contributed by atoms with van der Waals surface area (Å²) in [5, 5.41) is 8.12. The molecule has 1 saturated heterocycles. The minimum atomic E-state index is -3.56. The summed E-state index contributed by atoms with van der Waals surface area (Å²) in [4.78, 5) is 20.4. The summed E-state index contributed by atoms with van der Waals surface area (Å²) >= 11 is 3.33. The molecule has 1 aliphatic heterocycles. The number of rotatable bonds is 5. The van der Waals surface area contributed by atoms with E-state index in [-0.39, 0.29) is 21.9 Å². The second-order valence-electron chi connectivity index (χ2n) is 7.99. The second-order valence-corrected chi connectivity index (χ2v) is 10.8. The van der Waals surface area contributed by atoms with Gasteiger partial charge in [-0.25, -0.2) is 18.1 Å². The molecule has 3 heterocycles. The van der Waals surface area contributed by atoms with E-state index in [1.165, 1.54) is 4.31 Å². The standard InChI is InChI=1S/C22H21BrN6O3S/c23-17-6-8-18(9-7-17)33(31,32)28-12-10-16(11-13-28)20-24-21-19(22(30)25-20)26-27-29(21)14-15-4-2-1-3-5-15/h1-9,16H,10-14H2,(H,24,25,30). The Morgan fingerprint density at radius 2 is 1.73 bits per heavy atom. The molecule has 0 spiro atoms. The smallest absolute Gasteiger partial charge is 0.281 e. The largest absolute Gasteiger partial charge is 0.308 e. The van der Waals surface area contributed by atoms with Crippen molar-refractivity contribution in [2.24, 2.45) is 0 Å². The molecule has 0 saturated carbocycles. The van der Waals surface area contributed by atoms with E-state index in [0.29, 0.717) is 43.9 Å². The molecular formula is C22H21BrN6O3S. The van der Waals surface area contributed by atoms with E-state index in [0.717, 1.165) is 10.0 Å². The van der Waals surface area contributed by atoms with E-state index in [4.69, 9.17) is 0 Å². The number of hydrogen-bond donors (Lipinski definition) is 1. The SMILES string of the molecule is O=c1[nH]c(C2CCN(S(=O)(=O)c3ccc(Br)cc3)CC2)nc2c1nnn2Cc1ccccc1. The number of aromatic nitrogens is 5. The molecule has 1 N–H and O–H groups in total. The van der Waals surface area contributed by atoms with Gasteiger partial charge in [0.25, 0.3) is 5.56 Å². The number of fused-ring (bicyclic) bond motifs is 1. The van der Waals surface area contributed by atoms with Gasteiger partial charge < -0.3 is 4.98 Å². The van der Waals surface area contributed by atoms with E-state index < -0.39 is 10.0 Å². The number of benzene rings is 2. The van der Waals surface area contributed by atoms with E-state index >= 15 is 0 Å². The molecule has 11 heteroatoms. The molecule has 0 aliphatic carbocycles. The minimum Gasteiger partial charge on any atom is -0.308 e. The molecule has 9 nitrogen and oxygen atoms in total. The van der Waals surface area contributed by atoms with Crippen LogP contribution >= 0.6 is 15.9 Å². The molecule has 2 aromatic carbocycles. The van der Waals surface area contributed by atoms with Crippen LogP contribution in [0.25, 0.3) is 11.2 Å². The summed E-state index contributed by atoms with van der Waals surface area (Å²) in [6, 6.07) is 16.4. The predicted octanol–water partition coefficient (Wildman–Crippen LogP) is 2.89. The fourth-order valence-corrected chi connectivity index (χ4v) is 5.80. The van der Waals surface area contributed by atoms with Gasteiger partial charge in [0.2, 0.25) is 10.0 Å². The normalized spacial score (nSPS) is 15.8. The van der Waals surface area contributed by atoms with Crippen LogP contribution in [0.2, 0.25) is 0 Å². The van der Waals surface area contributed by atoms with Crippen molar-refractivity contribution in [1.82, 2.24) is 29.3 Å². The number of nitrogens with zero attached hydrogens (tertiary/aromatic N) is 5. The lowest BCUT2D eigenvalue weighted by molar-refractivity contribution is 0.313. The Kier molecular flexibility index (Phi) is 5.85. The van der Waals surface area contributed by atoms with E-state index in [1.54, 1.807) is 28.9 Å². The molecule has 0 bridgehead atoms. The van der Waals surface area contributed by atoms with Gasteiger partial charge in [-0.15, -0.1) is 5.10 Å². The number of H-pyrrole nitrogens is 1.